The summed E-state index contributed by atoms with van der Waals surface area (Å²) in [6.07, 6.45) is 2.52. The van der Waals surface area contributed by atoms with Crippen LogP contribution in [-0.2, 0) is 0 Å². The van der Waals surface area contributed by atoms with Gasteiger partial charge in [-0.3, -0.25) is 0 Å². The summed E-state index contributed by atoms with van der Waals surface area (Å²) in [5.74, 6) is 0. The van der Waals surface area contributed by atoms with Gasteiger partial charge in [0.1, 0.15) is 0 Å². The number of hydrogen-bond acceptors (Lipinski definition) is 1. The van der Waals surface area contributed by atoms with Gasteiger partial charge in [-0.25, -0.2) is 0 Å². The summed E-state index contributed by atoms with van der Waals surface area (Å²) in [6, 6.07) is 10.9. The van der Waals surface area contributed by atoms with Crippen molar-refractivity contribution in [1.82, 2.24) is 0 Å². The quantitative estimate of drug-likeness (QED) is 0.377. The van der Waals surface area contributed by atoms with Gasteiger partial charge in [-0.05, 0) is 26.0 Å². The summed E-state index contributed by atoms with van der Waals surface area (Å²) in [6.45, 7) is 17.2. The van der Waals surface area contributed by atoms with E-state index < -0.39 is 15.2 Å². The molecule has 0 spiro atoms. The Morgan fingerprint density at radius 2 is 1.53 bits per heavy atom. The fourth-order valence-electron chi connectivity index (χ4n) is 1.76. The van der Waals surface area contributed by atoms with E-state index >= 15 is 0 Å². The third kappa shape index (κ3) is 4.65. The normalized spacial score (nSPS) is 14.1. The topological polar surface area (TPSA) is 0 Å². The Hall–Kier alpha value is -0.256. The maximum atomic E-state index is 2.58. The highest BCUT2D eigenvalue weighted by atomic mass is 32.2. The molecule has 0 fully saturated rings. The molecule has 1 atom stereocenters. The maximum absolute atomic E-state index is 2.58. The monoisotopic (exact) mass is 308 g/mol. The van der Waals surface area contributed by atoms with Crippen LogP contribution in [0.15, 0.2) is 46.9 Å². The molecular formula is C16H28SSi2. The predicted octanol–water partition coefficient (Wildman–Crippen LogP) is 5.78. The Balaban J connectivity index is 3.06. The molecule has 0 radical (unpaired) electrons. The van der Waals surface area contributed by atoms with Gasteiger partial charge in [-0.15, -0.1) is 11.8 Å². The zero-order valence-corrected chi connectivity index (χ0v) is 16.3. The van der Waals surface area contributed by atoms with Crippen molar-refractivity contribution in [2.24, 2.45) is 0 Å². The molecule has 106 valence electrons. The van der Waals surface area contributed by atoms with E-state index in [2.05, 4.69) is 94.8 Å². The van der Waals surface area contributed by atoms with Gasteiger partial charge in [0, 0.05) is 17.4 Å². The fraction of sp³-hybridized carbons (Fsp3) is 0.500. The van der Waals surface area contributed by atoms with Gasteiger partial charge in [-0.2, -0.15) is 0 Å². The molecule has 0 heterocycles. The number of benzene rings is 1. The van der Waals surface area contributed by atoms with Gasteiger partial charge in [0.05, 0.1) is 7.59 Å². The van der Waals surface area contributed by atoms with Crippen molar-refractivity contribution < 1.29 is 0 Å². The molecule has 0 bridgehead atoms. The Kier molecular flexibility index (Phi) is 5.71. The summed E-state index contributed by atoms with van der Waals surface area (Å²) in [7, 11) is -2.35. The molecule has 1 aromatic rings. The van der Waals surface area contributed by atoms with Gasteiger partial charge in [0.15, 0.2) is 0 Å². The minimum absolute atomic E-state index is 0.687. The first-order valence-corrected chi connectivity index (χ1v) is 15.5. The minimum atomic E-state index is -1.25. The van der Waals surface area contributed by atoms with Gasteiger partial charge in [0.2, 0.25) is 0 Å². The minimum Gasteiger partial charge on any atom is -0.122 e. The molecule has 1 aromatic carbocycles. The Morgan fingerprint density at radius 1 is 1.00 bits per heavy atom. The van der Waals surface area contributed by atoms with Crippen molar-refractivity contribution in [2.45, 2.75) is 56.4 Å². The van der Waals surface area contributed by atoms with Crippen LogP contribution in [0, 0.1) is 0 Å². The average molecular weight is 309 g/mol. The Bertz CT molecular complexity index is 426. The van der Waals surface area contributed by atoms with Crippen molar-refractivity contribution in [3.63, 3.8) is 0 Å². The van der Waals surface area contributed by atoms with Crippen LogP contribution in [0.25, 0.3) is 0 Å². The van der Waals surface area contributed by atoms with Gasteiger partial charge in [-0.1, -0.05) is 62.6 Å². The first-order chi connectivity index (χ1) is 8.64. The molecule has 1 rings (SSSR count). The standard InChI is InChI=1S/C16H28SSi2/c1-14(2)13-16(19(6,7)18(3,4)5)17-15-11-9-8-10-12-15/h8-13,16H,1-7H3. The zero-order valence-electron chi connectivity index (χ0n) is 13.4. The molecule has 0 saturated carbocycles. The van der Waals surface area contributed by atoms with Crippen molar-refractivity contribution in [2.75, 3.05) is 0 Å². The fourth-order valence-corrected chi connectivity index (χ4v) is 12.4. The molecule has 0 amide bonds. The van der Waals surface area contributed by atoms with Crippen LogP contribution < -0.4 is 0 Å². The zero-order chi connectivity index (χ0) is 14.7. The smallest absolute Gasteiger partial charge is 0.0608 e. The maximum Gasteiger partial charge on any atom is 0.0608 e. The number of allylic oxidation sites excluding steroid dienone is 1. The second-order valence-corrected chi connectivity index (χ2v) is 25.6. The molecule has 0 nitrogen and oxygen atoms in total. The highest BCUT2D eigenvalue weighted by Crippen LogP contribution is 2.35. The highest BCUT2D eigenvalue weighted by Gasteiger charge is 2.42. The summed E-state index contributed by atoms with van der Waals surface area (Å²) in [4.78, 5) is 2.09. The van der Waals surface area contributed by atoms with Crippen LogP contribution in [-0.4, -0.2) is 20.1 Å². The van der Waals surface area contributed by atoms with Crippen molar-refractivity contribution in [3.8, 4) is 0 Å². The molecule has 0 saturated heterocycles. The van der Waals surface area contributed by atoms with E-state index in [1.807, 2.05) is 0 Å². The van der Waals surface area contributed by atoms with Crippen LogP contribution in [0.1, 0.15) is 13.8 Å². The van der Waals surface area contributed by atoms with Crippen LogP contribution >= 0.6 is 11.8 Å². The molecule has 0 aliphatic heterocycles. The van der Waals surface area contributed by atoms with Crippen molar-refractivity contribution >= 4 is 26.9 Å². The molecular weight excluding hydrogens is 280 g/mol. The largest absolute Gasteiger partial charge is 0.122 e. The lowest BCUT2D eigenvalue weighted by Gasteiger charge is -2.40. The van der Waals surface area contributed by atoms with Gasteiger partial charge >= 0.3 is 0 Å². The van der Waals surface area contributed by atoms with Crippen molar-refractivity contribution in [3.05, 3.63) is 42.0 Å². The van der Waals surface area contributed by atoms with Gasteiger partial charge in [0.25, 0.3) is 0 Å². The molecule has 0 aromatic heterocycles. The lowest BCUT2D eigenvalue weighted by atomic mass is 10.3. The molecule has 3 heteroatoms. The molecule has 0 aliphatic rings. The van der Waals surface area contributed by atoms with E-state index in [1.54, 1.807) is 0 Å². The van der Waals surface area contributed by atoms with Crippen LogP contribution in [0.4, 0.5) is 0 Å². The Labute approximate surface area is 125 Å². The third-order valence-corrected chi connectivity index (χ3v) is 25.8. The summed E-state index contributed by atoms with van der Waals surface area (Å²) >= 11 is 2.07. The molecule has 0 N–H and O–H groups in total. The van der Waals surface area contributed by atoms with E-state index in [0.29, 0.717) is 4.87 Å². The molecule has 1 unspecified atom stereocenters. The summed E-state index contributed by atoms with van der Waals surface area (Å²) < 4.78 is 0. The average Bonchev–Trinajstić information content (AvgIpc) is 2.27. The van der Waals surface area contributed by atoms with E-state index in [4.69, 9.17) is 0 Å². The first-order valence-electron chi connectivity index (χ1n) is 7.01. The SMILES string of the molecule is CC(C)=CC(Sc1ccccc1)[Si](C)(C)[Si](C)(C)C. The molecule has 0 aliphatic carbocycles. The third-order valence-electron chi connectivity index (χ3n) is 4.14. The van der Waals surface area contributed by atoms with Crippen LogP contribution in [0.2, 0.25) is 32.7 Å². The second kappa shape index (κ2) is 6.46. The number of hydrogen-bond donors (Lipinski definition) is 0. The lowest BCUT2D eigenvalue weighted by molar-refractivity contribution is 1.31. The van der Waals surface area contributed by atoms with Crippen LogP contribution in [0.3, 0.4) is 0 Å². The lowest BCUT2D eigenvalue weighted by Crippen LogP contribution is -2.59. The predicted molar refractivity (Wildman–Crippen MR) is 96.3 cm³/mol. The summed E-state index contributed by atoms with van der Waals surface area (Å²) in [5, 5.41) is 0. The number of rotatable bonds is 5. The summed E-state index contributed by atoms with van der Waals surface area (Å²) in [5.41, 5.74) is 1.45. The second-order valence-electron chi connectivity index (χ2n) is 7.07. The number of thioether (sulfide) groups is 1. The van der Waals surface area contributed by atoms with Crippen LogP contribution in [0.5, 0.6) is 0 Å². The van der Waals surface area contributed by atoms with Crippen molar-refractivity contribution in [1.29, 1.82) is 0 Å². The Morgan fingerprint density at radius 3 is 1.95 bits per heavy atom. The first kappa shape index (κ1) is 16.8. The van der Waals surface area contributed by atoms with E-state index in [0.717, 1.165) is 0 Å². The van der Waals surface area contributed by atoms with E-state index in [9.17, 15) is 0 Å². The van der Waals surface area contributed by atoms with Gasteiger partial charge < -0.3 is 0 Å². The molecule has 19 heavy (non-hydrogen) atoms. The van der Waals surface area contributed by atoms with E-state index in [-0.39, 0.29) is 0 Å². The van der Waals surface area contributed by atoms with E-state index in [1.165, 1.54) is 10.5 Å². The highest BCUT2D eigenvalue weighted by molar-refractivity contribution is 8.02.